The Labute approximate surface area is 106 Å². The zero-order chi connectivity index (χ0) is 12.5. The minimum absolute atomic E-state index is 0.209. The number of thiophene rings is 1. The predicted octanol–water partition coefficient (Wildman–Crippen LogP) is 2.97. The van der Waals surface area contributed by atoms with Gasteiger partial charge < -0.3 is 19.3 Å². The van der Waals surface area contributed by atoms with Crippen molar-refractivity contribution in [3.8, 4) is 23.0 Å². The van der Waals surface area contributed by atoms with E-state index in [-0.39, 0.29) is 11.7 Å². The van der Waals surface area contributed by atoms with Crippen molar-refractivity contribution in [3.05, 3.63) is 34.5 Å². The standard InChI is InChI=1S/C12H8O5S/c13-12(14)11-4-8(5-18-11)17-7-1-2-9-10(3-7)16-6-15-9/h1-5H,6H2,(H,13,14). The molecule has 1 aromatic carbocycles. The SMILES string of the molecule is O=C(O)c1cc(Oc2ccc3c(c2)OCO3)cs1. The molecule has 3 rings (SSSR count). The molecule has 2 aromatic rings. The van der Waals surface area contributed by atoms with Gasteiger partial charge in [0.15, 0.2) is 11.5 Å². The first-order valence-electron chi connectivity index (χ1n) is 5.12. The molecule has 92 valence electrons. The first-order valence-corrected chi connectivity index (χ1v) is 6.00. The Kier molecular flexibility index (Phi) is 2.56. The van der Waals surface area contributed by atoms with Crippen LogP contribution in [0.4, 0.5) is 0 Å². The Balaban J connectivity index is 1.81. The molecule has 0 saturated heterocycles. The number of carbonyl (C=O) groups is 1. The number of aromatic carboxylic acids is 1. The molecule has 6 heteroatoms. The van der Waals surface area contributed by atoms with Gasteiger partial charge in [0.1, 0.15) is 16.4 Å². The van der Waals surface area contributed by atoms with Crippen molar-refractivity contribution in [2.24, 2.45) is 0 Å². The number of hydrogen-bond donors (Lipinski definition) is 1. The molecule has 1 aliphatic heterocycles. The van der Waals surface area contributed by atoms with Gasteiger partial charge in [-0.2, -0.15) is 0 Å². The van der Waals surface area contributed by atoms with Crippen LogP contribution in [0.15, 0.2) is 29.6 Å². The molecule has 0 radical (unpaired) electrons. The number of benzene rings is 1. The van der Waals surface area contributed by atoms with Crippen molar-refractivity contribution in [2.45, 2.75) is 0 Å². The van der Waals surface area contributed by atoms with Gasteiger partial charge in [-0.25, -0.2) is 4.79 Å². The summed E-state index contributed by atoms with van der Waals surface area (Å²) in [6.45, 7) is 0.209. The van der Waals surface area contributed by atoms with Crippen molar-refractivity contribution in [2.75, 3.05) is 6.79 Å². The molecule has 1 aromatic heterocycles. The van der Waals surface area contributed by atoms with Crippen molar-refractivity contribution >= 4 is 17.3 Å². The minimum Gasteiger partial charge on any atom is -0.477 e. The van der Waals surface area contributed by atoms with Gasteiger partial charge in [-0.15, -0.1) is 11.3 Å². The van der Waals surface area contributed by atoms with E-state index >= 15 is 0 Å². The fourth-order valence-corrected chi connectivity index (χ4v) is 2.21. The molecular weight excluding hydrogens is 256 g/mol. The molecule has 0 spiro atoms. The van der Waals surface area contributed by atoms with E-state index < -0.39 is 5.97 Å². The summed E-state index contributed by atoms with van der Waals surface area (Å²) in [5, 5.41) is 10.5. The van der Waals surface area contributed by atoms with Crippen LogP contribution in [-0.4, -0.2) is 17.9 Å². The smallest absolute Gasteiger partial charge is 0.346 e. The van der Waals surface area contributed by atoms with E-state index in [0.29, 0.717) is 23.0 Å². The molecule has 0 atom stereocenters. The van der Waals surface area contributed by atoms with Crippen molar-refractivity contribution < 1.29 is 24.1 Å². The van der Waals surface area contributed by atoms with Gasteiger partial charge in [0, 0.05) is 17.5 Å². The highest BCUT2D eigenvalue weighted by Gasteiger charge is 2.14. The number of rotatable bonds is 3. The Morgan fingerprint density at radius 1 is 1.22 bits per heavy atom. The highest BCUT2D eigenvalue weighted by atomic mass is 32.1. The molecule has 0 aliphatic carbocycles. The van der Waals surface area contributed by atoms with Gasteiger partial charge in [0.25, 0.3) is 0 Å². The average Bonchev–Trinajstić information content (AvgIpc) is 2.96. The number of ether oxygens (including phenoxy) is 3. The highest BCUT2D eigenvalue weighted by molar-refractivity contribution is 7.12. The Hall–Kier alpha value is -2.21. The number of carboxylic acids is 1. The van der Waals surface area contributed by atoms with Crippen LogP contribution >= 0.6 is 11.3 Å². The summed E-state index contributed by atoms with van der Waals surface area (Å²) >= 11 is 1.12. The van der Waals surface area contributed by atoms with Crippen LogP contribution in [0.5, 0.6) is 23.0 Å². The molecule has 1 aliphatic rings. The summed E-state index contributed by atoms with van der Waals surface area (Å²) in [6.07, 6.45) is 0. The minimum atomic E-state index is -0.958. The summed E-state index contributed by atoms with van der Waals surface area (Å²) in [6, 6.07) is 6.69. The zero-order valence-electron chi connectivity index (χ0n) is 9.08. The van der Waals surface area contributed by atoms with E-state index in [9.17, 15) is 4.79 Å². The van der Waals surface area contributed by atoms with Gasteiger partial charge >= 0.3 is 5.97 Å². The molecule has 1 N–H and O–H groups in total. The van der Waals surface area contributed by atoms with Gasteiger partial charge in [0.2, 0.25) is 6.79 Å². The lowest BCUT2D eigenvalue weighted by Gasteiger charge is -2.03. The van der Waals surface area contributed by atoms with E-state index in [2.05, 4.69) is 0 Å². The van der Waals surface area contributed by atoms with Crippen LogP contribution in [0.2, 0.25) is 0 Å². The van der Waals surface area contributed by atoms with Gasteiger partial charge in [0.05, 0.1) is 0 Å². The van der Waals surface area contributed by atoms with Crippen LogP contribution in [0.25, 0.3) is 0 Å². The molecule has 0 amide bonds. The van der Waals surface area contributed by atoms with E-state index in [0.717, 1.165) is 11.3 Å². The summed E-state index contributed by atoms with van der Waals surface area (Å²) in [5.74, 6) is 1.42. The maximum absolute atomic E-state index is 10.7. The molecule has 2 heterocycles. The first kappa shape index (κ1) is 10.9. The molecule has 0 unspecified atom stereocenters. The number of hydrogen-bond acceptors (Lipinski definition) is 5. The van der Waals surface area contributed by atoms with E-state index in [4.69, 9.17) is 19.3 Å². The first-order chi connectivity index (χ1) is 8.72. The summed E-state index contributed by atoms with van der Waals surface area (Å²) in [5.41, 5.74) is 0. The normalized spacial score (nSPS) is 12.4. The lowest BCUT2D eigenvalue weighted by molar-refractivity contribution is 0.0702. The average molecular weight is 264 g/mol. The van der Waals surface area contributed by atoms with Crippen LogP contribution < -0.4 is 14.2 Å². The molecule has 0 bridgehead atoms. The second-order valence-electron chi connectivity index (χ2n) is 3.57. The quantitative estimate of drug-likeness (QED) is 0.923. The van der Waals surface area contributed by atoms with E-state index in [1.165, 1.54) is 6.07 Å². The second-order valence-corrected chi connectivity index (χ2v) is 4.48. The Morgan fingerprint density at radius 2 is 2.06 bits per heavy atom. The number of carboxylic acid groups (broad SMARTS) is 1. The van der Waals surface area contributed by atoms with E-state index in [1.54, 1.807) is 23.6 Å². The summed E-state index contributed by atoms with van der Waals surface area (Å²) < 4.78 is 16.0. The summed E-state index contributed by atoms with van der Waals surface area (Å²) in [7, 11) is 0. The molecular formula is C12H8O5S. The second kappa shape index (κ2) is 4.23. The monoisotopic (exact) mass is 264 g/mol. The lowest BCUT2D eigenvalue weighted by Crippen LogP contribution is -1.92. The van der Waals surface area contributed by atoms with Crippen LogP contribution in [0.1, 0.15) is 9.67 Å². The Morgan fingerprint density at radius 3 is 2.83 bits per heavy atom. The number of fused-ring (bicyclic) bond motifs is 1. The van der Waals surface area contributed by atoms with Gasteiger partial charge in [-0.1, -0.05) is 0 Å². The third kappa shape index (κ3) is 1.98. The van der Waals surface area contributed by atoms with Gasteiger partial charge in [-0.05, 0) is 12.1 Å². The lowest BCUT2D eigenvalue weighted by atomic mass is 10.3. The van der Waals surface area contributed by atoms with E-state index in [1.807, 2.05) is 0 Å². The zero-order valence-corrected chi connectivity index (χ0v) is 9.90. The maximum atomic E-state index is 10.7. The largest absolute Gasteiger partial charge is 0.477 e. The third-order valence-corrected chi connectivity index (χ3v) is 3.26. The molecule has 18 heavy (non-hydrogen) atoms. The van der Waals surface area contributed by atoms with Crippen molar-refractivity contribution in [1.29, 1.82) is 0 Å². The fraction of sp³-hybridized carbons (Fsp3) is 0.0833. The molecule has 5 nitrogen and oxygen atoms in total. The Bertz CT molecular complexity index is 604. The maximum Gasteiger partial charge on any atom is 0.346 e. The third-order valence-electron chi connectivity index (χ3n) is 2.37. The highest BCUT2D eigenvalue weighted by Crippen LogP contribution is 2.37. The topological polar surface area (TPSA) is 65.0 Å². The summed E-state index contributed by atoms with van der Waals surface area (Å²) in [4.78, 5) is 11.0. The molecule has 0 saturated carbocycles. The molecule has 0 fully saturated rings. The van der Waals surface area contributed by atoms with Gasteiger partial charge in [-0.3, -0.25) is 0 Å². The van der Waals surface area contributed by atoms with Crippen molar-refractivity contribution in [3.63, 3.8) is 0 Å². The van der Waals surface area contributed by atoms with Crippen LogP contribution in [-0.2, 0) is 0 Å². The van der Waals surface area contributed by atoms with Crippen molar-refractivity contribution in [1.82, 2.24) is 0 Å². The van der Waals surface area contributed by atoms with Crippen LogP contribution in [0.3, 0.4) is 0 Å². The van der Waals surface area contributed by atoms with Crippen LogP contribution in [0, 0.1) is 0 Å². The predicted molar refractivity (Wildman–Crippen MR) is 63.9 cm³/mol. The fourth-order valence-electron chi connectivity index (χ4n) is 1.56.